The second-order valence-corrected chi connectivity index (χ2v) is 5.62. The molecule has 2 aromatic rings. The standard InChI is InChI=1S/C13H13BrN2O2/c1-7-3-2-4-11-15-10-6-8(13(17)18)5-9(14)12(10)16(7)11/h5-7H,2-4H2,1H3,(H,17,18). The molecule has 0 amide bonds. The molecule has 2 heterocycles. The molecule has 0 aliphatic carbocycles. The highest BCUT2D eigenvalue weighted by molar-refractivity contribution is 9.10. The van der Waals surface area contributed by atoms with E-state index in [4.69, 9.17) is 5.11 Å². The van der Waals surface area contributed by atoms with Crippen molar-refractivity contribution in [3.05, 3.63) is 28.0 Å². The summed E-state index contributed by atoms with van der Waals surface area (Å²) in [6.07, 6.45) is 3.26. The number of aromatic carboxylic acids is 1. The van der Waals surface area contributed by atoms with Gasteiger partial charge in [0.25, 0.3) is 0 Å². The fourth-order valence-electron chi connectivity index (χ4n) is 2.69. The van der Waals surface area contributed by atoms with Gasteiger partial charge in [-0.15, -0.1) is 0 Å². The van der Waals surface area contributed by atoms with E-state index < -0.39 is 5.97 Å². The van der Waals surface area contributed by atoms with E-state index in [-0.39, 0.29) is 5.56 Å². The molecule has 1 atom stereocenters. The van der Waals surface area contributed by atoms with E-state index in [1.165, 1.54) is 0 Å². The van der Waals surface area contributed by atoms with Crippen LogP contribution in [0.25, 0.3) is 11.0 Å². The number of hydrogen-bond acceptors (Lipinski definition) is 2. The molecule has 1 aliphatic heterocycles. The van der Waals surface area contributed by atoms with Gasteiger partial charge >= 0.3 is 5.97 Å². The average Bonchev–Trinajstić information content (AvgIpc) is 2.68. The quantitative estimate of drug-likeness (QED) is 0.878. The SMILES string of the molecule is CC1CCCc2nc3cc(C(=O)O)cc(Br)c3n21. The first-order valence-electron chi connectivity index (χ1n) is 6.01. The maximum absolute atomic E-state index is 11.0. The van der Waals surface area contributed by atoms with Crippen molar-refractivity contribution in [1.82, 2.24) is 9.55 Å². The van der Waals surface area contributed by atoms with Crippen LogP contribution in [0, 0.1) is 0 Å². The Labute approximate surface area is 113 Å². The Hall–Kier alpha value is -1.36. The van der Waals surface area contributed by atoms with Crippen molar-refractivity contribution in [1.29, 1.82) is 0 Å². The number of carbonyl (C=O) groups is 1. The fraction of sp³-hybridized carbons (Fsp3) is 0.385. The highest BCUT2D eigenvalue weighted by Gasteiger charge is 2.22. The maximum Gasteiger partial charge on any atom is 0.335 e. The second-order valence-electron chi connectivity index (χ2n) is 4.77. The van der Waals surface area contributed by atoms with E-state index >= 15 is 0 Å². The first-order valence-corrected chi connectivity index (χ1v) is 6.81. The van der Waals surface area contributed by atoms with Gasteiger partial charge in [0, 0.05) is 16.9 Å². The summed E-state index contributed by atoms with van der Waals surface area (Å²) in [4.78, 5) is 15.6. The topological polar surface area (TPSA) is 55.1 Å². The highest BCUT2D eigenvalue weighted by Crippen LogP contribution is 2.34. The van der Waals surface area contributed by atoms with Crippen LogP contribution in [-0.2, 0) is 6.42 Å². The van der Waals surface area contributed by atoms with Gasteiger partial charge in [-0.1, -0.05) is 0 Å². The Bertz CT molecular complexity index is 648. The van der Waals surface area contributed by atoms with Crippen molar-refractivity contribution in [3.8, 4) is 0 Å². The van der Waals surface area contributed by atoms with Crippen molar-refractivity contribution in [2.24, 2.45) is 0 Å². The lowest BCUT2D eigenvalue weighted by Gasteiger charge is -2.22. The molecule has 1 N–H and O–H groups in total. The molecular weight excluding hydrogens is 296 g/mol. The predicted octanol–water partition coefficient (Wildman–Crippen LogP) is 3.39. The summed E-state index contributed by atoms with van der Waals surface area (Å²) in [7, 11) is 0. The van der Waals surface area contributed by atoms with Crippen molar-refractivity contribution < 1.29 is 9.90 Å². The van der Waals surface area contributed by atoms with Gasteiger partial charge in [-0.2, -0.15) is 0 Å². The normalized spacial score (nSPS) is 18.9. The van der Waals surface area contributed by atoms with Crippen molar-refractivity contribution in [2.45, 2.75) is 32.2 Å². The Kier molecular flexibility index (Phi) is 2.66. The maximum atomic E-state index is 11.0. The molecule has 4 nitrogen and oxygen atoms in total. The molecule has 1 aromatic carbocycles. The van der Waals surface area contributed by atoms with E-state index in [1.54, 1.807) is 12.1 Å². The number of imidazole rings is 1. The number of hydrogen-bond donors (Lipinski definition) is 1. The molecule has 0 radical (unpaired) electrons. The van der Waals surface area contributed by atoms with Crippen LogP contribution in [0.1, 0.15) is 42.0 Å². The Morgan fingerprint density at radius 3 is 3.06 bits per heavy atom. The summed E-state index contributed by atoms with van der Waals surface area (Å²) in [6.45, 7) is 2.18. The lowest BCUT2D eigenvalue weighted by Crippen LogP contribution is -2.15. The molecule has 0 saturated carbocycles. The molecule has 5 heteroatoms. The molecule has 0 bridgehead atoms. The first kappa shape index (κ1) is 11.7. The van der Waals surface area contributed by atoms with Gasteiger partial charge < -0.3 is 9.67 Å². The molecule has 3 rings (SSSR count). The largest absolute Gasteiger partial charge is 0.478 e. The minimum atomic E-state index is -0.920. The number of nitrogens with zero attached hydrogens (tertiary/aromatic N) is 2. The average molecular weight is 309 g/mol. The minimum Gasteiger partial charge on any atom is -0.478 e. The van der Waals surface area contributed by atoms with Crippen LogP contribution in [-0.4, -0.2) is 20.6 Å². The molecular formula is C13H13BrN2O2. The van der Waals surface area contributed by atoms with Gasteiger partial charge in [0.05, 0.1) is 16.6 Å². The predicted molar refractivity (Wildman–Crippen MR) is 72.0 cm³/mol. The number of carboxylic acids is 1. The molecule has 0 spiro atoms. The summed E-state index contributed by atoms with van der Waals surface area (Å²) >= 11 is 3.48. The number of halogens is 1. The molecule has 18 heavy (non-hydrogen) atoms. The van der Waals surface area contributed by atoms with E-state index in [9.17, 15) is 4.79 Å². The van der Waals surface area contributed by atoms with Crippen LogP contribution in [0.2, 0.25) is 0 Å². The number of fused-ring (bicyclic) bond motifs is 3. The molecule has 1 unspecified atom stereocenters. The summed E-state index contributed by atoms with van der Waals surface area (Å²) in [5.41, 5.74) is 2.06. The van der Waals surface area contributed by atoms with E-state index in [2.05, 4.69) is 32.4 Å². The van der Waals surface area contributed by atoms with Gasteiger partial charge in [-0.25, -0.2) is 9.78 Å². The third-order valence-electron chi connectivity index (χ3n) is 3.52. The first-order chi connectivity index (χ1) is 8.58. The molecule has 0 fully saturated rings. The van der Waals surface area contributed by atoms with Crippen LogP contribution in [0.5, 0.6) is 0 Å². The smallest absolute Gasteiger partial charge is 0.335 e. The number of aryl methyl sites for hydroxylation is 1. The van der Waals surface area contributed by atoms with Crippen molar-refractivity contribution in [2.75, 3.05) is 0 Å². The summed E-state index contributed by atoms with van der Waals surface area (Å²) in [6, 6.07) is 3.73. The lowest BCUT2D eigenvalue weighted by atomic mass is 10.1. The minimum absolute atomic E-state index is 0.275. The monoisotopic (exact) mass is 308 g/mol. The number of rotatable bonds is 1. The molecule has 1 aliphatic rings. The second kappa shape index (κ2) is 4.09. The van der Waals surface area contributed by atoms with Crippen LogP contribution >= 0.6 is 15.9 Å². The lowest BCUT2D eigenvalue weighted by molar-refractivity contribution is 0.0697. The van der Waals surface area contributed by atoms with Crippen molar-refractivity contribution in [3.63, 3.8) is 0 Å². The van der Waals surface area contributed by atoms with Gasteiger partial charge in [0.1, 0.15) is 5.82 Å². The molecule has 0 saturated heterocycles. The van der Waals surface area contributed by atoms with E-state index in [0.29, 0.717) is 6.04 Å². The zero-order chi connectivity index (χ0) is 12.9. The van der Waals surface area contributed by atoms with Gasteiger partial charge in [-0.3, -0.25) is 0 Å². The van der Waals surface area contributed by atoms with Crippen LogP contribution in [0.3, 0.4) is 0 Å². The van der Waals surface area contributed by atoms with Gasteiger partial charge in [0.2, 0.25) is 0 Å². The zero-order valence-electron chi connectivity index (χ0n) is 9.98. The van der Waals surface area contributed by atoms with Gasteiger partial charge in [0.15, 0.2) is 0 Å². The highest BCUT2D eigenvalue weighted by atomic mass is 79.9. The third kappa shape index (κ3) is 1.65. The van der Waals surface area contributed by atoms with Crippen LogP contribution in [0.15, 0.2) is 16.6 Å². The fourth-order valence-corrected chi connectivity index (χ4v) is 3.33. The van der Waals surface area contributed by atoms with Crippen LogP contribution < -0.4 is 0 Å². The Balaban J connectivity index is 2.32. The van der Waals surface area contributed by atoms with Crippen LogP contribution in [0.4, 0.5) is 0 Å². The van der Waals surface area contributed by atoms with E-state index in [1.807, 2.05) is 0 Å². The Morgan fingerprint density at radius 2 is 2.33 bits per heavy atom. The third-order valence-corrected chi connectivity index (χ3v) is 4.13. The summed E-state index contributed by atoms with van der Waals surface area (Å²) in [5.74, 6) is 0.142. The Morgan fingerprint density at radius 1 is 1.56 bits per heavy atom. The number of aromatic nitrogens is 2. The van der Waals surface area contributed by atoms with Crippen molar-refractivity contribution >= 4 is 32.9 Å². The summed E-state index contributed by atoms with van der Waals surface area (Å²) in [5, 5.41) is 9.07. The number of carboxylic acid groups (broad SMARTS) is 1. The zero-order valence-corrected chi connectivity index (χ0v) is 11.6. The molecule has 94 valence electrons. The van der Waals surface area contributed by atoms with Gasteiger partial charge in [-0.05, 0) is 47.8 Å². The number of benzene rings is 1. The van der Waals surface area contributed by atoms with E-state index in [0.717, 1.165) is 40.6 Å². The molecule has 1 aromatic heterocycles. The summed E-state index contributed by atoms with van der Waals surface area (Å²) < 4.78 is 3.04.